The fourth-order valence-corrected chi connectivity index (χ4v) is 2.53. The quantitative estimate of drug-likeness (QED) is 0.656. The molecule has 0 unspecified atom stereocenters. The lowest BCUT2D eigenvalue weighted by Crippen LogP contribution is -2.26. The van der Waals surface area contributed by atoms with Crippen LogP contribution < -0.4 is 10.0 Å². The normalized spacial score (nSPS) is 11.5. The molecule has 2 aromatic heterocycles. The van der Waals surface area contributed by atoms with Crippen molar-refractivity contribution in [1.82, 2.24) is 24.7 Å². The first-order chi connectivity index (χ1) is 10.1. The number of nitrogens with zero attached hydrogens (tertiary/aromatic N) is 3. The Morgan fingerprint density at radius 2 is 1.95 bits per heavy atom. The van der Waals surface area contributed by atoms with E-state index in [0.717, 1.165) is 18.8 Å². The van der Waals surface area contributed by atoms with Gasteiger partial charge in [0.1, 0.15) is 10.7 Å². The second-order valence-electron chi connectivity index (χ2n) is 4.35. The summed E-state index contributed by atoms with van der Waals surface area (Å²) >= 11 is 0. The average molecular weight is 310 g/mol. The lowest BCUT2D eigenvalue weighted by Gasteiger charge is -2.06. The summed E-state index contributed by atoms with van der Waals surface area (Å²) in [6.45, 7) is 3.02. The molecule has 0 aliphatic heterocycles. The Hall–Kier alpha value is -2.00. The van der Waals surface area contributed by atoms with Gasteiger partial charge in [-0.2, -0.15) is 0 Å². The predicted molar refractivity (Wildman–Crippen MR) is 78.3 cm³/mol. The molecule has 0 radical (unpaired) electrons. The van der Waals surface area contributed by atoms with Gasteiger partial charge in [0.25, 0.3) is 0 Å². The van der Waals surface area contributed by atoms with Crippen LogP contribution in [0.3, 0.4) is 0 Å². The Labute approximate surface area is 123 Å². The fourth-order valence-electron chi connectivity index (χ4n) is 1.60. The van der Waals surface area contributed by atoms with Crippen molar-refractivity contribution in [2.45, 2.75) is 24.7 Å². The van der Waals surface area contributed by atoms with Gasteiger partial charge in [-0.1, -0.05) is 6.92 Å². The maximum absolute atomic E-state index is 12.0. The van der Waals surface area contributed by atoms with Crippen LogP contribution in [0.1, 0.15) is 19.2 Å². The molecule has 2 heterocycles. The zero-order valence-electron chi connectivity index (χ0n) is 11.7. The second-order valence-corrected chi connectivity index (χ2v) is 6.12. The van der Waals surface area contributed by atoms with E-state index in [1.54, 1.807) is 12.4 Å². The molecule has 21 heavy (non-hydrogen) atoms. The molecule has 0 aromatic carbocycles. The molecule has 2 aromatic rings. The highest BCUT2D eigenvalue weighted by Crippen LogP contribution is 2.07. The Balaban J connectivity index is 1.92. The molecule has 0 saturated carbocycles. The first kappa shape index (κ1) is 15.4. The monoisotopic (exact) mass is 310 g/mol. The van der Waals surface area contributed by atoms with Crippen molar-refractivity contribution in [2.24, 2.45) is 0 Å². The molecule has 0 spiro atoms. The maximum atomic E-state index is 12.0. The highest BCUT2D eigenvalue weighted by atomic mass is 32.2. The van der Waals surface area contributed by atoms with Gasteiger partial charge in [-0.25, -0.2) is 28.1 Å². The van der Waals surface area contributed by atoms with Crippen molar-refractivity contribution >= 4 is 16.0 Å². The largest absolute Gasteiger partial charge is 0.354 e. The van der Waals surface area contributed by atoms with Crippen LogP contribution in [-0.2, 0) is 16.4 Å². The van der Waals surface area contributed by atoms with Crippen molar-refractivity contribution in [2.75, 3.05) is 18.4 Å². The van der Waals surface area contributed by atoms with E-state index in [1.165, 1.54) is 12.4 Å². The van der Waals surface area contributed by atoms with Crippen molar-refractivity contribution in [3.63, 3.8) is 0 Å². The van der Waals surface area contributed by atoms with Gasteiger partial charge in [0.2, 0.25) is 16.0 Å². The summed E-state index contributed by atoms with van der Waals surface area (Å²) in [5, 5.41) is 2.98. The number of H-pyrrole nitrogens is 1. The van der Waals surface area contributed by atoms with Crippen LogP contribution in [0.15, 0.2) is 29.7 Å². The van der Waals surface area contributed by atoms with Crippen LogP contribution in [0, 0.1) is 0 Å². The van der Waals surface area contributed by atoms with Crippen molar-refractivity contribution in [1.29, 1.82) is 0 Å². The van der Waals surface area contributed by atoms with Crippen LogP contribution >= 0.6 is 0 Å². The molecule has 0 fully saturated rings. The van der Waals surface area contributed by atoms with E-state index >= 15 is 0 Å². The summed E-state index contributed by atoms with van der Waals surface area (Å²) in [7, 11) is -3.60. The van der Waals surface area contributed by atoms with E-state index in [4.69, 9.17) is 0 Å². The Morgan fingerprint density at radius 3 is 2.57 bits per heavy atom. The number of sulfonamides is 1. The van der Waals surface area contributed by atoms with Crippen molar-refractivity contribution in [3.05, 3.63) is 30.6 Å². The van der Waals surface area contributed by atoms with Crippen LogP contribution in [0.2, 0.25) is 0 Å². The third kappa shape index (κ3) is 4.50. The predicted octanol–water partition coefficient (Wildman–Crippen LogP) is 0.543. The Kier molecular flexibility index (Phi) is 5.23. The molecule has 114 valence electrons. The van der Waals surface area contributed by atoms with Gasteiger partial charge >= 0.3 is 0 Å². The minimum atomic E-state index is -3.60. The van der Waals surface area contributed by atoms with Gasteiger partial charge in [0.05, 0.1) is 12.4 Å². The molecule has 9 heteroatoms. The molecule has 0 saturated heterocycles. The molecule has 2 rings (SSSR count). The molecule has 0 bridgehead atoms. The number of anilines is 1. The van der Waals surface area contributed by atoms with E-state index in [2.05, 4.69) is 30.0 Å². The number of nitrogens with one attached hydrogen (secondary N) is 3. The third-order valence-electron chi connectivity index (χ3n) is 2.68. The van der Waals surface area contributed by atoms with E-state index in [-0.39, 0.29) is 11.4 Å². The summed E-state index contributed by atoms with van der Waals surface area (Å²) < 4.78 is 26.6. The Bertz CT molecular complexity index is 639. The molecular weight excluding hydrogens is 292 g/mol. The molecule has 8 nitrogen and oxygen atoms in total. The summed E-state index contributed by atoms with van der Waals surface area (Å²) in [5.41, 5.74) is 0. The zero-order chi connectivity index (χ0) is 15.1. The SMILES string of the molecule is CCCNc1ncc(S(=O)(=O)NCCc2ncc[nH]2)cn1. The second kappa shape index (κ2) is 7.14. The maximum Gasteiger partial charge on any atom is 0.243 e. The number of aromatic amines is 1. The number of hydrogen-bond donors (Lipinski definition) is 3. The third-order valence-corrected chi connectivity index (χ3v) is 4.10. The summed E-state index contributed by atoms with van der Waals surface area (Å²) in [5.74, 6) is 1.15. The molecule has 0 atom stereocenters. The van der Waals surface area contributed by atoms with Crippen LogP contribution in [-0.4, -0.2) is 41.4 Å². The van der Waals surface area contributed by atoms with Gasteiger partial charge in [-0.3, -0.25) is 0 Å². The number of imidazole rings is 1. The highest BCUT2D eigenvalue weighted by molar-refractivity contribution is 7.89. The summed E-state index contributed by atoms with van der Waals surface area (Å²) in [6, 6.07) is 0. The van der Waals surface area contributed by atoms with Gasteiger partial charge in [0.15, 0.2) is 0 Å². The van der Waals surface area contributed by atoms with Gasteiger partial charge in [-0.05, 0) is 6.42 Å². The molecular formula is C12H18N6O2S. The van der Waals surface area contributed by atoms with Crippen LogP contribution in [0.4, 0.5) is 5.95 Å². The van der Waals surface area contributed by atoms with E-state index in [1.807, 2.05) is 6.92 Å². The van der Waals surface area contributed by atoms with Gasteiger partial charge in [0, 0.05) is 31.9 Å². The van der Waals surface area contributed by atoms with Gasteiger partial charge < -0.3 is 10.3 Å². The standard InChI is InChI=1S/C12H18N6O2S/c1-2-4-15-12-16-8-10(9-17-12)21(19,20)18-5-3-11-13-6-7-14-11/h6-9,18H,2-5H2,1H3,(H,13,14)(H,15,16,17). The van der Waals surface area contributed by atoms with E-state index in [9.17, 15) is 8.42 Å². The van der Waals surface area contributed by atoms with Crippen molar-refractivity contribution in [3.8, 4) is 0 Å². The average Bonchev–Trinajstić information content (AvgIpc) is 2.98. The molecule has 0 aliphatic carbocycles. The van der Waals surface area contributed by atoms with Crippen molar-refractivity contribution < 1.29 is 8.42 Å². The number of aromatic nitrogens is 4. The van der Waals surface area contributed by atoms with Crippen LogP contribution in [0.5, 0.6) is 0 Å². The first-order valence-corrected chi connectivity index (χ1v) is 8.14. The first-order valence-electron chi connectivity index (χ1n) is 6.65. The number of rotatable bonds is 8. The van der Waals surface area contributed by atoms with E-state index < -0.39 is 10.0 Å². The lowest BCUT2D eigenvalue weighted by molar-refractivity contribution is 0.580. The summed E-state index contributed by atoms with van der Waals surface area (Å²) in [4.78, 5) is 14.9. The molecule has 0 aliphatic rings. The van der Waals surface area contributed by atoms with Crippen LogP contribution in [0.25, 0.3) is 0 Å². The van der Waals surface area contributed by atoms with E-state index in [0.29, 0.717) is 12.4 Å². The summed E-state index contributed by atoms with van der Waals surface area (Å²) in [6.07, 6.45) is 7.33. The minimum absolute atomic E-state index is 0.0454. The topological polar surface area (TPSA) is 113 Å². The molecule has 3 N–H and O–H groups in total. The fraction of sp³-hybridized carbons (Fsp3) is 0.417. The van der Waals surface area contributed by atoms with Gasteiger partial charge in [-0.15, -0.1) is 0 Å². The highest BCUT2D eigenvalue weighted by Gasteiger charge is 2.14. The minimum Gasteiger partial charge on any atom is -0.354 e. The molecule has 0 amide bonds. The lowest BCUT2D eigenvalue weighted by atomic mass is 10.4. The smallest absolute Gasteiger partial charge is 0.243 e. The zero-order valence-corrected chi connectivity index (χ0v) is 12.5. The Morgan fingerprint density at radius 1 is 1.19 bits per heavy atom. The number of hydrogen-bond acceptors (Lipinski definition) is 6.